The standard InChI is InChI=1S/C20H21F3N4O2S/c1-12-6-14(27-30(2,3)28)8-17-19(12)20(25-11-24-17)26-16-5-4-13(23)7-18(16)29-15(9-21)10-22/h4-8,11,15H,2,9-10H2,1,3H3,(H,27,28)(H,24,25,26). The molecule has 0 spiro atoms. The Labute approximate surface area is 172 Å². The van der Waals surface area contributed by atoms with Crippen LogP contribution in [0.15, 0.2) is 36.7 Å². The summed E-state index contributed by atoms with van der Waals surface area (Å²) in [6, 6.07) is 7.11. The van der Waals surface area contributed by atoms with Gasteiger partial charge in [0.25, 0.3) is 0 Å². The number of halogens is 3. The molecule has 1 unspecified atom stereocenters. The maximum Gasteiger partial charge on any atom is 0.155 e. The molecule has 3 rings (SSSR count). The lowest BCUT2D eigenvalue weighted by atomic mass is 10.1. The number of ether oxygens (including phenoxy) is 1. The molecule has 1 aromatic heterocycles. The number of alkyl halides is 2. The lowest BCUT2D eigenvalue weighted by molar-refractivity contribution is 0.134. The van der Waals surface area contributed by atoms with Crippen LogP contribution in [-0.2, 0) is 9.71 Å². The lowest BCUT2D eigenvalue weighted by Gasteiger charge is -2.18. The Morgan fingerprint density at radius 3 is 2.60 bits per heavy atom. The maximum atomic E-state index is 13.7. The third-order valence-corrected chi connectivity index (χ3v) is 4.77. The van der Waals surface area contributed by atoms with E-state index in [9.17, 15) is 17.4 Å². The average molecular weight is 438 g/mol. The van der Waals surface area contributed by atoms with Gasteiger partial charge in [0.1, 0.15) is 37.1 Å². The van der Waals surface area contributed by atoms with Crippen molar-refractivity contribution in [1.82, 2.24) is 9.97 Å². The predicted molar refractivity (Wildman–Crippen MR) is 115 cm³/mol. The zero-order valence-electron chi connectivity index (χ0n) is 16.4. The van der Waals surface area contributed by atoms with E-state index in [2.05, 4.69) is 25.9 Å². The zero-order valence-corrected chi connectivity index (χ0v) is 17.2. The van der Waals surface area contributed by atoms with E-state index in [1.165, 1.54) is 24.7 Å². The Morgan fingerprint density at radius 1 is 1.20 bits per heavy atom. The highest BCUT2D eigenvalue weighted by atomic mass is 32.2. The van der Waals surface area contributed by atoms with Gasteiger partial charge in [0.2, 0.25) is 0 Å². The number of anilines is 3. The molecule has 1 heterocycles. The van der Waals surface area contributed by atoms with E-state index >= 15 is 0 Å². The van der Waals surface area contributed by atoms with Crippen molar-refractivity contribution < 1.29 is 22.1 Å². The van der Waals surface area contributed by atoms with Crippen molar-refractivity contribution >= 4 is 43.7 Å². The van der Waals surface area contributed by atoms with Gasteiger partial charge in [-0.3, -0.25) is 0 Å². The molecular formula is C20H21F3N4O2S. The van der Waals surface area contributed by atoms with Crippen LogP contribution < -0.4 is 14.8 Å². The van der Waals surface area contributed by atoms with E-state index in [0.717, 1.165) is 11.6 Å². The third kappa shape index (κ3) is 5.12. The molecule has 10 heteroatoms. The van der Waals surface area contributed by atoms with Crippen molar-refractivity contribution in [3.05, 3.63) is 48.0 Å². The van der Waals surface area contributed by atoms with Gasteiger partial charge >= 0.3 is 0 Å². The van der Waals surface area contributed by atoms with E-state index in [1.54, 1.807) is 12.1 Å². The first-order chi connectivity index (χ1) is 14.2. The van der Waals surface area contributed by atoms with Crippen LogP contribution in [0.4, 0.5) is 30.4 Å². The van der Waals surface area contributed by atoms with Crippen molar-refractivity contribution in [1.29, 1.82) is 0 Å². The van der Waals surface area contributed by atoms with E-state index < -0.39 is 35.0 Å². The smallest absolute Gasteiger partial charge is 0.155 e. The van der Waals surface area contributed by atoms with Gasteiger partial charge in [-0.15, -0.1) is 0 Å². The van der Waals surface area contributed by atoms with Crippen molar-refractivity contribution in [3.63, 3.8) is 0 Å². The first-order valence-electron chi connectivity index (χ1n) is 8.90. The van der Waals surface area contributed by atoms with Crippen molar-refractivity contribution in [2.24, 2.45) is 0 Å². The fourth-order valence-corrected chi connectivity index (χ4v) is 3.52. The molecular weight excluding hydrogens is 417 g/mol. The van der Waals surface area contributed by atoms with Crippen LogP contribution >= 0.6 is 0 Å². The number of aromatic nitrogens is 2. The molecule has 0 amide bonds. The summed E-state index contributed by atoms with van der Waals surface area (Å²) in [7, 11) is -2.47. The Morgan fingerprint density at radius 2 is 1.93 bits per heavy atom. The molecule has 1 atom stereocenters. The second-order valence-corrected chi connectivity index (χ2v) is 9.04. The van der Waals surface area contributed by atoms with Crippen LogP contribution in [0.2, 0.25) is 0 Å². The second kappa shape index (κ2) is 8.78. The summed E-state index contributed by atoms with van der Waals surface area (Å²) in [5.74, 6) is 3.32. The van der Waals surface area contributed by atoms with Crippen molar-refractivity contribution in [3.8, 4) is 5.75 Å². The highest BCUT2D eigenvalue weighted by Crippen LogP contribution is 2.33. The van der Waals surface area contributed by atoms with Crippen LogP contribution in [-0.4, -0.2) is 45.8 Å². The minimum absolute atomic E-state index is 0.0409. The first kappa shape index (κ1) is 21.7. The van der Waals surface area contributed by atoms with Crippen LogP contribution in [0, 0.1) is 12.7 Å². The number of rotatable bonds is 8. The maximum absolute atomic E-state index is 13.7. The molecule has 0 bridgehead atoms. The molecule has 0 aliphatic heterocycles. The number of nitrogens with one attached hydrogen (secondary N) is 2. The Kier molecular flexibility index (Phi) is 6.35. The van der Waals surface area contributed by atoms with Crippen LogP contribution in [0.1, 0.15) is 5.56 Å². The molecule has 0 aliphatic rings. The van der Waals surface area contributed by atoms with E-state index in [-0.39, 0.29) is 5.75 Å². The molecule has 0 saturated carbocycles. The molecule has 2 aromatic carbocycles. The van der Waals surface area contributed by atoms with Crippen LogP contribution in [0.3, 0.4) is 0 Å². The third-order valence-electron chi connectivity index (χ3n) is 4.10. The zero-order chi connectivity index (χ0) is 21.9. The van der Waals surface area contributed by atoms with Gasteiger partial charge in [-0.2, -0.15) is 0 Å². The Balaban J connectivity index is 2.02. The Bertz CT molecular complexity index is 1170. The largest absolute Gasteiger partial charge is 0.483 e. The molecule has 0 saturated heterocycles. The van der Waals surface area contributed by atoms with Gasteiger partial charge < -0.3 is 14.8 Å². The average Bonchev–Trinajstić information content (AvgIpc) is 2.66. The number of aryl methyl sites for hydroxylation is 1. The number of benzene rings is 2. The van der Waals surface area contributed by atoms with E-state index in [0.29, 0.717) is 28.1 Å². The summed E-state index contributed by atoms with van der Waals surface area (Å²) in [6.07, 6.45) is 1.48. The molecule has 0 aliphatic carbocycles. The molecule has 2 N–H and O–H groups in total. The molecule has 30 heavy (non-hydrogen) atoms. The second-order valence-electron chi connectivity index (χ2n) is 6.83. The highest BCUT2D eigenvalue weighted by molar-refractivity contribution is 8.00. The van der Waals surface area contributed by atoms with Gasteiger partial charge in [-0.1, -0.05) is 0 Å². The van der Waals surface area contributed by atoms with Gasteiger partial charge in [-0.25, -0.2) is 27.3 Å². The molecule has 0 radical (unpaired) electrons. The van der Waals surface area contributed by atoms with Crippen LogP contribution in [0.5, 0.6) is 5.75 Å². The summed E-state index contributed by atoms with van der Waals surface area (Å²) >= 11 is 0. The Hall–Kier alpha value is -3.01. The first-order valence-corrected chi connectivity index (χ1v) is 11.0. The van der Waals surface area contributed by atoms with Crippen molar-refractivity contribution in [2.45, 2.75) is 13.0 Å². The van der Waals surface area contributed by atoms with E-state index in [1.807, 2.05) is 6.92 Å². The summed E-state index contributed by atoms with van der Waals surface area (Å²) in [5.41, 5.74) is 2.22. The molecule has 6 nitrogen and oxygen atoms in total. The summed E-state index contributed by atoms with van der Waals surface area (Å²) in [4.78, 5) is 8.49. The SMILES string of the molecule is C=S(C)(=O)Nc1cc(C)c2c(Nc3ccc(F)cc3OC(CF)CF)ncnc2c1. The summed E-state index contributed by atoms with van der Waals surface area (Å²) in [5, 5.41) is 3.69. The fraction of sp³-hybridized carbons (Fsp3) is 0.250. The highest BCUT2D eigenvalue weighted by Gasteiger charge is 2.16. The number of nitrogens with zero attached hydrogens (tertiary/aromatic N) is 2. The summed E-state index contributed by atoms with van der Waals surface area (Å²) in [6.45, 7) is -0.276. The topological polar surface area (TPSA) is 76.1 Å². The monoisotopic (exact) mass is 438 g/mol. The van der Waals surface area contributed by atoms with Gasteiger partial charge in [0.15, 0.2) is 6.10 Å². The quantitative estimate of drug-likeness (QED) is 0.516. The number of hydrogen-bond donors (Lipinski definition) is 2. The van der Waals surface area contributed by atoms with Gasteiger partial charge in [0, 0.05) is 33.1 Å². The number of hydrogen-bond acceptors (Lipinski definition) is 5. The number of fused-ring (bicyclic) bond motifs is 1. The van der Waals surface area contributed by atoms with Crippen molar-refractivity contribution in [2.75, 3.05) is 29.6 Å². The van der Waals surface area contributed by atoms with E-state index in [4.69, 9.17) is 4.74 Å². The lowest BCUT2D eigenvalue weighted by Crippen LogP contribution is -2.21. The molecule has 0 fully saturated rings. The molecule has 3 aromatic rings. The molecule has 160 valence electrons. The minimum Gasteiger partial charge on any atom is -0.483 e. The van der Waals surface area contributed by atoms with Crippen LogP contribution in [0.25, 0.3) is 10.9 Å². The van der Waals surface area contributed by atoms with Gasteiger partial charge in [-0.05, 0) is 42.6 Å². The van der Waals surface area contributed by atoms with Gasteiger partial charge in [0.05, 0.1) is 11.2 Å². The minimum atomic E-state index is -2.47. The normalized spacial score (nSPS) is 13.3. The summed E-state index contributed by atoms with van der Waals surface area (Å²) < 4.78 is 59.5. The fourth-order valence-electron chi connectivity index (χ4n) is 2.90. The predicted octanol–water partition coefficient (Wildman–Crippen LogP) is 4.18.